The molecule has 0 aromatic carbocycles. The van der Waals surface area contributed by atoms with Crippen LogP contribution >= 0.6 is 11.8 Å². The fourth-order valence-corrected chi connectivity index (χ4v) is 1.39. The van der Waals surface area contributed by atoms with Crippen molar-refractivity contribution in [3.63, 3.8) is 0 Å². The zero-order valence-corrected chi connectivity index (χ0v) is 9.16. The Morgan fingerprint density at radius 1 is 1.47 bits per heavy atom. The molecule has 78 valence electrons. The minimum atomic E-state index is 0.0919. The van der Waals surface area contributed by atoms with Crippen LogP contribution < -0.4 is 0 Å². The van der Waals surface area contributed by atoms with E-state index in [4.69, 9.17) is 0 Å². The Morgan fingerprint density at radius 3 is 2.87 bits per heavy atom. The van der Waals surface area contributed by atoms with Gasteiger partial charge in [-0.15, -0.1) is 0 Å². The lowest BCUT2D eigenvalue weighted by atomic mass is 10.3. The van der Waals surface area contributed by atoms with Gasteiger partial charge in [-0.1, -0.05) is 23.9 Å². The van der Waals surface area contributed by atoms with E-state index in [9.17, 15) is 9.59 Å². The minimum absolute atomic E-state index is 0.0919. The average Bonchev–Trinajstić information content (AvgIpc) is 2.24. The fraction of sp³-hybridized carbons (Fsp3) is 0.182. The van der Waals surface area contributed by atoms with Crippen LogP contribution in [0, 0.1) is 0 Å². The summed E-state index contributed by atoms with van der Waals surface area (Å²) >= 11 is 1.24. The molecule has 0 atom stereocenters. The zero-order valence-electron chi connectivity index (χ0n) is 8.34. The molecule has 0 aliphatic heterocycles. The SMILES string of the molecule is CC(=O)SCC=Cc1cccc(C=O)n1. The summed E-state index contributed by atoms with van der Waals surface area (Å²) in [6.45, 7) is 1.53. The fourth-order valence-electron chi connectivity index (χ4n) is 0.962. The van der Waals surface area contributed by atoms with Crippen LogP contribution in [0.5, 0.6) is 0 Å². The number of carbonyl (C=O) groups excluding carboxylic acids is 2. The van der Waals surface area contributed by atoms with E-state index in [1.54, 1.807) is 18.2 Å². The molecule has 0 fully saturated rings. The van der Waals surface area contributed by atoms with Crippen molar-refractivity contribution in [2.24, 2.45) is 0 Å². The van der Waals surface area contributed by atoms with Crippen LogP contribution in [0.15, 0.2) is 24.3 Å². The van der Waals surface area contributed by atoms with Gasteiger partial charge in [0, 0.05) is 12.7 Å². The Kier molecular flexibility index (Phi) is 4.77. The molecule has 0 unspecified atom stereocenters. The van der Waals surface area contributed by atoms with E-state index in [1.165, 1.54) is 18.7 Å². The van der Waals surface area contributed by atoms with Crippen LogP contribution in [-0.2, 0) is 4.79 Å². The van der Waals surface area contributed by atoms with Gasteiger partial charge in [0.15, 0.2) is 11.4 Å². The number of aldehydes is 1. The topological polar surface area (TPSA) is 47.0 Å². The second kappa shape index (κ2) is 6.14. The van der Waals surface area contributed by atoms with E-state index >= 15 is 0 Å². The van der Waals surface area contributed by atoms with Crippen LogP contribution in [0.4, 0.5) is 0 Å². The maximum atomic E-state index is 10.6. The molecule has 0 aliphatic carbocycles. The molecule has 3 nitrogen and oxygen atoms in total. The van der Waals surface area contributed by atoms with Crippen LogP contribution in [-0.4, -0.2) is 22.1 Å². The van der Waals surface area contributed by atoms with Crippen molar-refractivity contribution in [3.05, 3.63) is 35.7 Å². The summed E-state index contributed by atoms with van der Waals surface area (Å²) in [5, 5.41) is 0.0919. The molecule has 0 saturated carbocycles. The lowest BCUT2D eigenvalue weighted by molar-refractivity contribution is -0.109. The first-order valence-electron chi connectivity index (χ1n) is 4.44. The first-order valence-corrected chi connectivity index (χ1v) is 5.43. The van der Waals surface area contributed by atoms with Gasteiger partial charge in [-0.25, -0.2) is 4.98 Å². The van der Waals surface area contributed by atoms with E-state index in [2.05, 4.69) is 4.98 Å². The van der Waals surface area contributed by atoms with Crippen molar-refractivity contribution in [2.75, 3.05) is 5.75 Å². The molecule has 1 rings (SSSR count). The molecule has 15 heavy (non-hydrogen) atoms. The number of nitrogens with zero attached hydrogens (tertiary/aromatic N) is 1. The second-order valence-corrected chi connectivity index (χ2v) is 4.01. The molecule has 0 spiro atoms. The maximum absolute atomic E-state index is 10.6. The van der Waals surface area contributed by atoms with Gasteiger partial charge in [-0.2, -0.15) is 0 Å². The van der Waals surface area contributed by atoms with Crippen molar-refractivity contribution in [1.29, 1.82) is 0 Å². The Labute approximate surface area is 92.6 Å². The number of hydrogen-bond donors (Lipinski definition) is 0. The van der Waals surface area contributed by atoms with Gasteiger partial charge < -0.3 is 0 Å². The zero-order chi connectivity index (χ0) is 11.1. The number of aromatic nitrogens is 1. The average molecular weight is 221 g/mol. The normalized spacial score (nSPS) is 10.5. The predicted molar refractivity (Wildman–Crippen MR) is 61.8 cm³/mol. The summed E-state index contributed by atoms with van der Waals surface area (Å²) in [7, 11) is 0. The van der Waals surface area contributed by atoms with Gasteiger partial charge in [0.25, 0.3) is 0 Å². The Balaban J connectivity index is 2.56. The quantitative estimate of drug-likeness (QED) is 0.731. The van der Waals surface area contributed by atoms with Gasteiger partial charge in [-0.3, -0.25) is 9.59 Å². The number of rotatable bonds is 4. The van der Waals surface area contributed by atoms with Crippen molar-refractivity contribution in [2.45, 2.75) is 6.92 Å². The minimum Gasteiger partial charge on any atom is -0.296 e. The summed E-state index contributed by atoms with van der Waals surface area (Å²) in [6, 6.07) is 5.23. The number of carbonyl (C=O) groups is 2. The summed E-state index contributed by atoms with van der Waals surface area (Å²) in [5.41, 5.74) is 1.14. The molecule has 1 heterocycles. The summed E-state index contributed by atoms with van der Waals surface area (Å²) in [5.74, 6) is 0.627. The lowest BCUT2D eigenvalue weighted by Crippen LogP contribution is -1.88. The standard InChI is InChI=1S/C11H11NO2S/c1-9(14)15-7-3-6-10-4-2-5-11(8-13)12-10/h2-6,8H,7H2,1H3. The van der Waals surface area contributed by atoms with Crippen LogP contribution in [0.3, 0.4) is 0 Å². The number of pyridine rings is 1. The van der Waals surface area contributed by atoms with E-state index in [1.807, 2.05) is 12.1 Å². The highest BCUT2D eigenvalue weighted by atomic mass is 32.2. The van der Waals surface area contributed by atoms with Crippen molar-refractivity contribution >= 4 is 29.2 Å². The lowest BCUT2D eigenvalue weighted by Gasteiger charge is -1.93. The molecule has 0 N–H and O–H groups in total. The molecule has 1 aromatic rings. The van der Waals surface area contributed by atoms with Gasteiger partial charge in [0.2, 0.25) is 0 Å². The first kappa shape index (κ1) is 11.7. The smallest absolute Gasteiger partial charge is 0.186 e. The molecule has 0 amide bonds. The molecule has 0 aliphatic rings. The van der Waals surface area contributed by atoms with E-state index < -0.39 is 0 Å². The summed E-state index contributed by atoms with van der Waals surface area (Å²) < 4.78 is 0. The van der Waals surface area contributed by atoms with Crippen LogP contribution in [0.2, 0.25) is 0 Å². The largest absolute Gasteiger partial charge is 0.296 e. The monoisotopic (exact) mass is 221 g/mol. The van der Waals surface area contributed by atoms with Gasteiger partial charge in [-0.05, 0) is 18.2 Å². The third-order valence-corrected chi connectivity index (χ3v) is 2.35. The highest BCUT2D eigenvalue weighted by Gasteiger charge is 1.93. The number of thioether (sulfide) groups is 1. The van der Waals surface area contributed by atoms with Crippen molar-refractivity contribution in [1.82, 2.24) is 4.98 Å². The summed E-state index contributed by atoms with van der Waals surface area (Å²) in [4.78, 5) is 25.1. The molecule has 4 heteroatoms. The van der Waals surface area contributed by atoms with Gasteiger partial charge in [0.1, 0.15) is 5.69 Å². The Morgan fingerprint density at radius 2 is 2.20 bits per heavy atom. The molecular weight excluding hydrogens is 210 g/mol. The predicted octanol–water partition coefficient (Wildman–Crippen LogP) is 2.19. The number of hydrogen-bond acceptors (Lipinski definition) is 4. The van der Waals surface area contributed by atoms with E-state index in [0.29, 0.717) is 17.7 Å². The highest BCUT2D eigenvalue weighted by molar-refractivity contribution is 8.13. The summed E-state index contributed by atoms with van der Waals surface area (Å²) in [6.07, 6.45) is 4.35. The molecule has 0 saturated heterocycles. The second-order valence-electron chi connectivity index (χ2n) is 2.81. The van der Waals surface area contributed by atoms with Crippen molar-refractivity contribution in [3.8, 4) is 0 Å². The molecule has 1 aromatic heterocycles. The Hall–Kier alpha value is -1.42. The third-order valence-electron chi connectivity index (χ3n) is 1.58. The van der Waals surface area contributed by atoms with Gasteiger partial charge >= 0.3 is 0 Å². The van der Waals surface area contributed by atoms with Crippen LogP contribution in [0.1, 0.15) is 23.1 Å². The highest BCUT2D eigenvalue weighted by Crippen LogP contribution is 2.04. The van der Waals surface area contributed by atoms with Crippen molar-refractivity contribution < 1.29 is 9.59 Å². The molecular formula is C11H11NO2S. The first-order chi connectivity index (χ1) is 7.22. The maximum Gasteiger partial charge on any atom is 0.186 e. The van der Waals surface area contributed by atoms with E-state index in [-0.39, 0.29) is 5.12 Å². The molecule has 0 radical (unpaired) electrons. The van der Waals surface area contributed by atoms with Gasteiger partial charge in [0.05, 0.1) is 5.69 Å². The molecule has 0 bridgehead atoms. The third kappa shape index (κ3) is 4.56. The van der Waals surface area contributed by atoms with Crippen LogP contribution in [0.25, 0.3) is 6.08 Å². The van der Waals surface area contributed by atoms with E-state index in [0.717, 1.165) is 5.69 Å². The Bertz CT molecular complexity index is 388.